The molecule has 53 heavy (non-hydrogen) atoms. The Morgan fingerprint density at radius 3 is 2.06 bits per heavy atom. The summed E-state index contributed by atoms with van der Waals surface area (Å²) in [6, 6.07) is 3.94. The van der Waals surface area contributed by atoms with Gasteiger partial charge in [0, 0.05) is 18.1 Å². The molecule has 0 saturated carbocycles. The SMILES string of the molecule is CCCCCCCCCCCCCCCC(=O)OC[C@H]1O[C@@H](Oc2cc(O)c3oc4c(OC)cc(CC=C(C)C)c(O)c4c(=O)c3c2)[C@H](O)[C@@H](O)[C@@H]1O. The third-order valence-electron chi connectivity index (χ3n) is 9.78. The zero-order chi connectivity index (χ0) is 38.5. The highest BCUT2D eigenvalue weighted by molar-refractivity contribution is 5.98. The molecule has 2 heterocycles. The van der Waals surface area contributed by atoms with Crippen LogP contribution in [-0.2, 0) is 20.7 Å². The average molecular weight is 743 g/mol. The van der Waals surface area contributed by atoms with E-state index in [9.17, 15) is 35.1 Å². The van der Waals surface area contributed by atoms with E-state index in [1.807, 2.05) is 19.9 Å². The first-order chi connectivity index (χ1) is 25.5. The molecule has 294 valence electrons. The molecule has 5 atom stereocenters. The Kier molecular flexibility index (Phi) is 16.3. The molecule has 12 heteroatoms. The maximum Gasteiger partial charge on any atom is 0.305 e. The summed E-state index contributed by atoms with van der Waals surface area (Å²) in [7, 11) is 1.40. The van der Waals surface area contributed by atoms with Crippen LogP contribution in [0.15, 0.2) is 39.1 Å². The first kappa shape index (κ1) is 41.9. The monoisotopic (exact) mass is 742 g/mol. The van der Waals surface area contributed by atoms with Crippen LogP contribution in [0.2, 0.25) is 0 Å². The number of aromatic hydroxyl groups is 2. The lowest BCUT2D eigenvalue weighted by atomic mass is 9.99. The highest BCUT2D eigenvalue weighted by atomic mass is 16.7. The number of ether oxygens (including phenoxy) is 4. The molecular formula is C41H58O12. The molecule has 12 nitrogen and oxygen atoms in total. The standard InChI is InChI=1S/C41H58O12/c1-5-6-7-8-9-10-11-12-13-14-15-16-17-18-32(43)50-24-31-36(46)37(47)38(48)41(52-31)51-27-22-28-35(45)33-34(44)26(20-19-25(2)3)21-30(49-4)40(33)53-39(28)29(42)23-27/h19,21-23,31,36-38,41-42,44,46-48H,5-18,20,24H2,1-4H3/t31-,36-,37+,38-,41-/m1/s1. The van der Waals surface area contributed by atoms with Gasteiger partial charge in [-0.25, -0.2) is 0 Å². The Morgan fingerprint density at radius 2 is 1.45 bits per heavy atom. The fourth-order valence-electron chi connectivity index (χ4n) is 6.61. The number of allylic oxidation sites excluding steroid dienone is 2. The van der Waals surface area contributed by atoms with E-state index in [4.69, 9.17) is 23.4 Å². The Labute approximate surface area is 311 Å². The lowest BCUT2D eigenvalue weighted by Gasteiger charge is -2.39. The number of phenolic OH excluding ortho intramolecular Hbond substituents is 2. The number of esters is 1. The molecule has 0 aliphatic carbocycles. The minimum absolute atomic E-state index is 0.0537. The molecule has 0 spiro atoms. The molecule has 1 saturated heterocycles. The number of carbonyl (C=O) groups is 1. The molecule has 0 amide bonds. The van der Waals surface area contributed by atoms with E-state index < -0.39 is 54.5 Å². The molecule has 1 fully saturated rings. The van der Waals surface area contributed by atoms with Gasteiger partial charge in [-0.1, -0.05) is 95.6 Å². The van der Waals surface area contributed by atoms with E-state index in [-0.39, 0.29) is 45.6 Å². The first-order valence-corrected chi connectivity index (χ1v) is 19.1. The second kappa shape index (κ2) is 20.6. The van der Waals surface area contributed by atoms with Crippen LogP contribution in [0.4, 0.5) is 0 Å². The van der Waals surface area contributed by atoms with Gasteiger partial charge in [-0.05, 0) is 38.8 Å². The minimum Gasteiger partial charge on any atom is -0.507 e. The number of phenols is 2. The van der Waals surface area contributed by atoms with E-state index in [1.54, 1.807) is 6.07 Å². The van der Waals surface area contributed by atoms with Crippen LogP contribution in [0.3, 0.4) is 0 Å². The molecule has 1 aliphatic rings. The van der Waals surface area contributed by atoms with E-state index in [0.717, 1.165) is 30.9 Å². The number of hydrogen-bond acceptors (Lipinski definition) is 12. The second-order valence-electron chi connectivity index (χ2n) is 14.3. The summed E-state index contributed by atoms with van der Waals surface area (Å²) in [6.07, 6.45) is 9.98. The molecule has 0 bridgehead atoms. The molecule has 0 unspecified atom stereocenters. The van der Waals surface area contributed by atoms with Crippen molar-refractivity contribution in [2.45, 2.75) is 148 Å². The molecule has 5 N–H and O–H groups in total. The summed E-state index contributed by atoms with van der Waals surface area (Å²) in [6.45, 7) is 5.65. The average Bonchev–Trinajstić information content (AvgIpc) is 3.13. The van der Waals surface area contributed by atoms with E-state index in [1.165, 1.54) is 71.0 Å². The lowest BCUT2D eigenvalue weighted by Crippen LogP contribution is -2.60. The Hall–Kier alpha value is -3.84. The van der Waals surface area contributed by atoms with Crippen molar-refractivity contribution < 1.29 is 53.7 Å². The lowest BCUT2D eigenvalue weighted by molar-refractivity contribution is -0.278. The normalized spacial score (nSPS) is 20.1. The number of methoxy groups -OCH3 is 1. The van der Waals surface area contributed by atoms with Gasteiger partial charge in [0.05, 0.1) is 12.5 Å². The van der Waals surface area contributed by atoms with E-state index >= 15 is 0 Å². The van der Waals surface area contributed by atoms with Crippen LogP contribution >= 0.6 is 0 Å². The third kappa shape index (κ3) is 11.3. The molecule has 1 aromatic heterocycles. The molecule has 1 aliphatic heterocycles. The summed E-state index contributed by atoms with van der Waals surface area (Å²) >= 11 is 0. The summed E-state index contributed by atoms with van der Waals surface area (Å²) in [5.74, 6) is -1.20. The van der Waals surface area contributed by atoms with Gasteiger partial charge in [-0.15, -0.1) is 0 Å². The van der Waals surface area contributed by atoms with Gasteiger partial charge in [-0.2, -0.15) is 0 Å². The number of aliphatic hydroxyl groups excluding tert-OH is 3. The fraction of sp³-hybridized carbons (Fsp3) is 0.610. The minimum atomic E-state index is -1.74. The van der Waals surface area contributed by atoms with Crippen molar-refractivity contribution in [2.24, 2.45) is 0 Å². The molecular weight excluding hydrogens is 684 g/mol. The summed E-state index contributed by atoms with van der Waals surface area (Å²) in [5.41, 5.74) is 0.517. The van der Waals surface area contributed by atoms with Gasteiger partial charge < -0.3 is 48.9 Å². The zero-order valence-corrected chi connectivity index (χ0v) is 31.6. The van der Waals surface area contributed by atoms with Crippen LogP contribution in [0, 0.1) is 0 Å². The fourth-order valence-corrected chi connectivity index (χ4v) is 6.61. The van der Waals surface area contributed by atoms with Crippen molar-refractivity contribution in [3.8, 4) is 23.0 Å². The Morgan fingerprint density at radius 1 is 0.830 bits per heavy atom. The third-order valence-corrected chi connectivity index (χ3v) is 9.78. The Bertz CT molecular complexity index is 1730. The molecule has 3 aromatic rings. The van der Waals surface area contributed by atoms with Crippen molar-refractivity contribution in [2.75, 3.05) is 13.7 Å². The number of benzene rings is 2. The number of rotatable bonds is 21. The molecule has 4 rings (SSSR count). The maximum atomic E-state index is 13.8. The maximum absolute atomic E-state index is 13.8. The summed E-state index contributed by atoms with van der Waals surface area (Å²) in [5, 5.41) is 53.5. The van der Waals surface area contributed by atoms with Gasteiger partial charge in [0.1, 0.15) is 47.9 Å². The Balaban J connectivity index is 1.34. The van der Waals surface area contributed by atoms with Crippen LogP contribution in [0.25, 0.3) is 21.9 Å². The number of carbonyl (C=O) groups excluding carboxylic acids is 1. The van der Waals surface area contributed by atoms with Crippen molar-refractivity contribution >= 4 is 27.9 Å². The summed E-state index contributed by atoms with van der Waals surface area (Å²) in [4.78, 5) is 26.2. The van der Waals surface area contributed by atoms with E-state index in [0.29, 0.717) is 18.4 Å². The highest BCUT2D eigenvalue weighted by Gasteiger charge is 2.45. The number of aliphatic hydroxyl groups is 3. The van der Waals surface area contributed by atoms with Gasteiger partial charge in [0.25, 0.3) is 0 Å². The topological polar surface area (TPSA) is 185 Å². The van der Waals surface area contributed by atoms with Crippen LogP contribution in [0.1, 0.15) is 116 Å². The highest BCUT2D eigenvalue weighted by Crippen LogP contribution is 2.39. The van der Waals surface area contributed by atoms with Gasteiger partial charge in [0.15, 0.2) is 22.7 Å². The zero-order valence-electron chi connectivity index (χ0n) is 31.6. The van der Waals surface area contributed by atoms with Crippen molar-refractivity contribution in [3.63, 3.8) is 0 Å². The predicted octanol–water partition coefficient (Wildman–Crippen LogP) is 7.09. The smallest absolute Gasteiger partial charge is 0.305 e. The first-order valence-electron chi connectivity index (χ1n) is 19.1. The second-order valence-corrected chi connectivity index (χ2v) is 14.3. The van der Waals surface area contributed by atoms with Crippen LogP contribution in [0.5, 0.6) is 23.0 Å². The van der Waals surface area contributed by atoms with Crippen molar-refractivity contribution in [1.29, 1.82) is 0 Å². The van der Waals surface area contributed by atoms with E-state index in [2.05, 4.69) is 6.92 Å². The van der Waals surface area contributed by atoms with Crippen molar-refractivity contribution in [1.82, 2.24) is 0 Å². The van der Waals surface area contributed by atoms with Crippen LogP contribution < -0.4 is 14.9 Å². The number of unbranched alkanes of at least 4 members (excludes halogenated alkanes) is 12. The van der Waals surface area contributed by atoms with Gasteiger partial charge in [-0.3, -0.25) is 9.59 Å². The molecule has 2 aromatic carbocycles. The summed E-state index contributed by atoms with van der Waals surface area (Å²) < 4.78 is 28.2. The largest absolute Gasteiger partial charge is 0.507 e. The molecule has 0 radical (unpaired) electrons. The quantitative estimate of drug-likeness (QED) is 0.0324. The predicted molar refractivity (Wildman–Crippen MR) is 202 cm³/mol. The van der Waals surface area contributed by atoms with Gasteiger partial charge in [0.2, 0.25) is 11.7 Å². The van der Waals surface area contributed by atoms with Gasteiger partial charge >= 0.3 is 5.97 Å². The number of fused-ring (bicyclic) bond motifs is 2. The van der Waals surface area contributed by atoms with Crippen molar-refractivity contribution in [3.05, 3.63) is 45.6 Å². The number of hydrogen-bond donors (Lipinski definition) is 5. The van der Waals surface area contributed by atoms with Crippen LogP contribution in [-0.4, -0.2) is 75.9 Å².